The van der Waals surface area contributed by atoms with Crippen LogP contribution in [0, 0.1) is 5.21 Å². The second-order valence-corrected chi connectivity index (χ2v) is 2.55. The highest BCUT2D eigenvalue weighted by Gasteiger charge is 2.29. The largest absolute Gasteiger partial charge is 0.593 e. The van der Waals surface area contributed by atoms with E-state index in [1.807, 2.05) is 0 Å². The summed E-state index contributed by atoms with van der Waals surface area (Å²) >= 11 is 0. The van der Waals surface area contributed by atoms with Crippen molar-refractivity contribution in [2.75, 3.05) is 14.2 Å². The Morgan fingerprint density at radius 1 is 1.50 bits per heavy atom. The van der Waals surface area contributed by atoms with Gasteiger partial charge in [-0.2, -0.15) is 0 Å². The summed E-state index contributed by atoms with van der Waals surface area (Å²) in [5, 5.41) is 20.6. The fraction of sp³-hybridized carbons (Fsp3) is 0.286. The van der Waals surface area contributed by atoms with Crippen molar-refractivity contribution in [1.82, 2.24) is 4.85 Å². The number of methoxy groups -OCH3 is 2. The molecule has 2 heterocycles. The molecule has 0 spiro atoms. The molecule has 0 aliphatic heterocycles. The number of hydrogen-bond acceptors (Lipinski definition) is 5. The average Bonchev–Trinajstić information content (AvgIpc) is 2.69. The van der Waals surface area contributed by atoms with Gasteiger partial charge in [-0.3, -0.25) is 0 Å². The molecule has 0 saturated carbocycles. The van der Waals surface area contributed by atoms with Gasteiger partial charge in [0.2, 0.25) is 5.75 Å². The maximum Gasteiger partial charge on any atom is 0.343 e. The van der Waals surface area contributed by atoms with E-state index in [-0.39, 0.29) is 27.6 Å². The van der Waals surface area contributed by atoms with Crippen LogP contribution in [0.3, 0.4) is 0 Å². The Balaban J connectivity index is 2.83. The predicted molar refractivity (Wildman–Crippen MR) is 43.5 cm³/mol. The Morgan fingerprint density at radius 2 is 2.21 bits per heavy atom. The topological polar surface area (TPSA) is 83.7 Å². The number of nitrogens with zero attached hydrogens (tertiary/aromatic N) is 2. The molecule has 0 saturated heterocycles. The lowest BCUT2D eigenvalue weighted by Crippen LogP contribution is -2.36. The van der Waals surface area contributed by atoms with Crippen molar-refractivity contribution < 1.29 is 23.9 Å². The van der Waals surface area contributed by atoms with Crippen molar-refractivity contribution in [1.29, 1.82) is 0 Å². The van der Waals surface area contributed by atoms with Crippen molar-refractivity contribution in [2.45, 2.75) is 0 Å². The van der Waals surface area contributed by atoms with Gasteiger partial charge in [-0.1, -0.05) is 0 Å². The van der Waals surface area contributed by atoms with E-state index in [2.05, 4.69) is 0 Å². The fourth-order valence-corrected chi connectivity index (χ4v) is 1.26. The summed E-state index contributed by atoms with van der Waals surface area (Å²) in [6, 6.07) is 0. The van der Waals surface area contributed by atoms with E-state index in [4.69, 9.17) is 13.9 Å². The first kappa shape index (κ1) is 8.54. The molecule has 0 fully saturated rings. The van der Waals surface area contributed by atoms with Gasteiger partial charge in [0.25, 0.3) is 5.58 Å². The SMILES string of the molecule is COc1coc2c(OC)n(O)[n+]([O-])c12. The zero-order valence-corrected chi connectivity index (χ0v) is 7.55. The van der Waals surface area contributed by atoms with E-state index in [9.17, 15) is 10.4 Å². The van der Waals surface area contributed by atoms with Gasteiger partial charge in [0.15, 0.2) is 0 Å². The molecule has 0 unspecified atom stereocenters. The third kappa shape index (κ3) is 0.832. The molecule has 7 heteroatoms. The van der Waals surface area contributed by atoms with E-state index in [0.717, 1.165) is 0 Å². The summed E-state index contributed by atoms with van der Waals surface area (Å²) < 4.78 is 14.7. The van der Waals surface area contributed by atoms with E-state index in [1.165, 1.54) is 20.5 Å². The van der Waals surface area contributed by atoms with Gasteiger partial charge in [-0.15, -0.1) is 0 Å². The van der Waals surface area contributed by atoms with Gasteiger partial charge >= 0.3 is 11.4 Å². The summed E-state index contributed by atoms with van der Waals surface area (Å²) in [6.45, 7) is 0. The van der Waals surface area contributed by atoms with E-state index in [0.29, 0.717) is 4.85 Å². The summed E-state index contributed by atoms with van der Waals surface area (Å²) in [5.74, 6) is 0.166. The van der Waals surface area contributed by atoms with Crippen molar-refractivity contribution in [3.8, 4) is 11.6 Å². The maximum atomic E-state index is 11.4. The second kappa shape index (κ2) is 2.72. The fourth-order valence-electron chi connectivity index (χ4n) is 1.26. The van der Waals surface area contributed by atoms with Gasteiger partial charge in [0.05, 0.1) is 19.1 Å². The van der Waals surface area contributed by atoms with Crippen LogP contribution in [0.15, 0.2) is 10.7 Å². The molecule has 0 bridgehead atoms. The molecule has 0 radical (unpaired) electrons. The highest BCUT2D eigenvalue weighted by Crippen LogP contribution is 2.31. The summed E-state index contributed by atoms with van der Waals surface area (Å²) in [5.41, 5.74) is 0.230. The highest BCUT2D eigenvalue weighted by molar-refractivity contribution is 5.81. The van der Waals surface area contributed by atoms with Crippen molar-refractivity contribution in [3.05, 3.63) is 11.5 Å². The zero-order valence-electron chi connectivity index (χ0n) is 7.55. The Labute approximate surface area is 78.2 Å². The first-order valence-electron chi connectivity index (χ1n) is 3.73. The van der Waals surface area contributed by atoms with Crippen LogP contribution in [0.25, 0.3) is 11.1 Å². The molecule has 2 aromatic heterocycles. The van der Waals surface area contributed by atoms with Gasteiger partial charge in [0.1, 0.15) is 6.26 Å². The highest BCUT2D eigenvalue weighted by atomic mass is 16.6. The summed E-state index contributed by atoms with van der Waals surface area (Å²) in [7, 11) is 2.71. The molecule has 0 amide bonds. The summed E-state index contributed by atoms with van der Waals surface area (Å²) in [4.78, 5) is 0.521. The molecule has 76 valence electrons. The lowest BCUT2D eigenvalue weighted by molar-refractivity contribution is -0.703. The minimum absolute atomic E-state index is 0.0710. The lowest BCUT2D eigenvalue weighted by atomic mass is 10.4. The van der Waals surface area contributed by atoms with Gasteiger partial charge < -0.3 is 24.3 Å². The van der Waals surface area contributed by atoms with Crippen LogP contribution in [-0.4, -0.2) is 24.3 Å². The number of furan rings is 1. The molecule has 2 rings (SSSR count). The quantitative estimate of drug-likeness (QED) is 0.423. The van der Waals surface area contributed by atoms with Crippen LogP contribution >= 0.6 is 0 Å². The standard InChI is InChI=1S/C7H8N2O5/c1-12-4-3-14-6-5(4)8(10)9(11)7(6)13-2/h3,11H,1-2H3. The Bertz CT molecular complexity index is 472. The Hall–Kier alpha value is -2.05. The number of ether oxygens (including phenoxy) is 2. The Morgan fingerprint density at radius 3 is 2.79 bits per heavy atom. The van der Waals surface area contributed by atoms with Crippen molar-refractivity contribution >= 4 is 11.1 Å². The number of fused-ring (bicyclic) bond motifs is 1. The number of aromatic nitrogens is 2. The molecule has 1 N–H and O–H groups in total. The minimum atomic E-state index is -0.0710. The van der Waals surface area contributed by atoms with E-state index < -0.39 is 0 Å². The normalized spacial score (nSPS) is 10.7. The van der Waals surface area contributed by atoms with Crippen molar-refractivity contribution in [2.24, 2.45) is 0 Å². The van der Waals surface area contributed by atoms with Crippen LogP contribution in [0.2, 0.25) is 0 Å². The molecule has 7 nitrogen and oxygen atoms in total. The predicted octanol–water partition coefficient (Wildman–Crippen LogP) is 0.122. The smallest absolute Gasteiger partial charge is 0.343 e. The third-order valence-corrected chi connectivity index (χ3v) is 1.88. The molecular weight excluding hydrogens is 192 g/mol. The van der Waals surface area contributed by atoms with E-state index >= 15 is 0 Å². The molecular formula is C7H8N2O5. The molecule has 0 atom stereocenters. The van der Waals surface area contributed by atoms with Gasteiger partial charge in [-0.25, -0.2) is 0 Å². The van der Waals surface area contributed by atoms with Crippen LogP contribution in [-0.2, 0) is 0 Å². The molecule has 0 aromatic carbocycles. The van der Waals surface area contributed by atoms with Gasteiger partial charge in [0, 0.05) is 0 Å². The van der Waals surface area contributed by atoms with Crippen LogP contribution < -0.4 is 14.3 Å². The first-order chi connectivity index (χ1) is 6.70. The molecule has 0 aliphatic carbocycles. The second-order valence-electron chi connectivity index (χ2n) is 2.55. The average molecular weight is 200 g/mol. The lowest BCUT2D eigenvalue weighted by Gasteiger charge is -1.97. The summed E-state index contributed by atoms with van der Waals surface area (Å²) in [6.07, 6.45) is 1.27. The first-order valence-corrected chi connectivity index (χ1v) is 3.73. The van der Waals surface area contributed by atoms with Crippen LogP contribution in [0.5, 0.6) is 11.6 Å². The monoisotopic (exact) mass is 200 g/mol. The maximum absolute atomic E-state index is 11.4. The van der Waals surface area contributed by atoms with Crippen molar-refractivity contribution in [3.63, 3.8) is 0 Å². The third-order valence-electron chi connectivity index (χ3n) is 1.88. The van der Waals surface area contributed by atoms with Gasteiger partial charge in [-0.05, 0) is 4.85 Å². The number of rotatable bonds is 2. The molecule has 2 aromatic rings. The molecule has 14 heavy (non-hydrogen) atoms. The van der Waals surface area contributed by atoms with Crippen LogP contribution in [0.4, 0.5) is 0 Å². The minimum Gasteiger partial charge on any atom is -0.593 e. The molecule has 0 aliphatic rings. The Kier molecular flexibility index (Phi) is 1.66. The number of hydrogen-bond donors (Lipinski definition) is 1. The van der Waals surface area contributed by atoms with E-state index in [1.54, 1.807) is 0 Å². The van der Waals surface area contributed by atoms with Crippen LogP contribution in [0.1, 0.15) is 0 Å². The zero-order chi connectivity index (χ0) is 10.3.